The number of ether oxygens (including phenoxy) is 2. The van der Waals surface area contributed by atoms with Crippen LogP contribution < -0.4 is 5.32 Å². The van der Waals surface area contributed by atoms with Crippen molar-refractivity contribution in [2.75, 3.05) is 65.8 Å². The lowest BCUT2D eigenvalue weighted by molar-refractivity contribution is 0.0353. The molecule has 2 aliphatic heterocycles. The van der Waals surface area contributed by atoms with Gasteiger partial charge in [0, 0.05) is 39.3 Å². The molecule has 16 heavy (non-hydrogen) atoms. The Morgan fingerprint density at radius 3 is 2.06 bits per heavy atom. The highest BCUT2D eigenvalue weighted by atomic mass is 16.5. The lowest BCUT2D eigenvalue weighted by Gasteiger charge is -2.25. The summed E-state index contributed by atoms with van der Waals surface area (Å²) >= 11 is 0. The van der Waals surface area contributed by atoms with E-state index in [1.807, 2.05) is 0 Å². The van der Waals surface area contributed by atoms with E-state index in [0.717, 1.165) is 65.6 Å². The number of rotatable bonds is 3. The molecule has 0 aromatic heterocycles. The van der Waals surface area contributed by atoms with Gasteiger partial charge in [0.2, 0.25) is 0 Å². The fourth-order valence-corrected chi connectivity index (χ4v) is 1.63. The van der Waals surface area contributed by atoms with E-state index in [9.17, 15) is 0 Å². The summed E-state index contributed by atoms with van der Waals surface area (Å²) in [6.45, 7) is 8.91. The minimum atomic E-state index is 0.303. The number of nitrogens with zero attached hydrogens (tertiary/aromatic N) is 1. The van der Waals surface area contributed by atoms with Crippen molar-refractivity contribution in [1.82, 2.24) is 10.2 Å². The molecule has 2 rings (SSSR count). The van der Waals surface area contributed by atoms with Crippen LogP contribution in [-0.2, 0) is 9.47 Å². The van der Waals surface area contributed by atoms with Gasteiger partial charge in [0.25, 0.3) is 0 Å². The molecule has 0 radical (unpaired) electrons. The van der Waals surface area contributed by atoms with Gasteiger partial charge in [-0.15, -0.1) is 0 Å². The van der Waals surface area contributed by atoms with Crippen molar-refractivity contribution in [3.05, 3.63) is 0 Å². The number of aliphatic hydroxyl groups is 1. The van der Waals surface area contributed by atoms with E-state index in [1.54, 1.807) is 0 Å². The molecule has 96 valence electrons. The molecule has 2 heterocycles. The summed E-state index contributed by atoms with van der Waals surface area (Å²) in [4.78, 5) is 2.32. The molecule has 2 saturated heterocycles. The SMILES string of the molecule is C1COCCN1.OCCCN1CCOCC1. The van der Waals surface area contributed by atoms with Crippen LogP contribution in [-0.4, -0.2) is 75.8 Å². The average Bonchev–Trinajstić information content (AvgIpc) is 2.40. The van der Waals surface area contributed by atoms with E-state index in [4.69, 9.17) is 14.6 Å². The van der Waals surface area contributed by atoms with Crippen molar-refractivity contribution in [1.29, 1.82) is 0 Å². The molecule has 0 aromatic carbocycles. The lowest BCUT2D eigenvalue weighted by Crippen LogP contribution is -2.37. The predicted molar refractivity (Wildman–Crippen MR) is 62.7 cm³/mol. The smallest absolute Gasteiger partial charge is 0.0594 e. The van der Waals surface area contributed by atoms with Crippen LogP contribution in [0.15, 0.2) is 0 Å². The second kappa shape index (κ2) is 9.99. The van der Waals surface area contributed by atoms with Crippen molar-refractivity contribution in [2.24, 2.45) is 0 Å². The van der Waals surface area contributed by atoms with Gasteiger partial charge < -0.3 is 19.9 Å². The molecule has 0 aromatic rings. The minimum absolute atomic E-state index is 0.303. The number of nitrogens with one attached hydrogen (secondary N) is 1. The number of aliphatic hydroxyl groups excluding tert-OH is 1. The lowest BCUT2D eigenvalue weighted by atomic mass is 10.3. The molecule has 5 heteroatoms. The molecular formula is C11H24N2O3. The Bertz CT molecular complexity index is 137. The molecule has 0 amide bonds. The molecule has 0 unspecified atom stereocenters. The maximum Gasteiger partial charge on any atom is 0.0594 e. The van der Waals surface area contributed by atoms with Gasteiger partial charge in [-0.2, -0.15) is 0 Å². The van der Waals surface area contributed by atoms with Crippen LogP contribution in [0.25, 0.3) is 0 Å². The van der Waals surface area contributed by atoms with Crippen LogP contribution in [0.4, 0.5) is 0 Å². The second-order valence-electron chi connectivity index (χ2n) is 3.89. The second-order valence-corrected chi connectivity index (χ2v) is 3.89. The van der Waals surface area contributed by atoms with Gasteiger partial charge in [-0.1, -0.05) is 0 Å². The summed E-state index contributed by atoms with van der Waals surface area (Å²) in [7, 11) is 0. The molecule has 2 fully saturated rings. The first kappa shape index (κ1) is 13.9. The molecule has 0 spiro atoms. The summed E-state index contributed by atoms with van der Waals surface area (Å²) in [6, 6.07) is 0. The summed E-state index contributed by atoms with van der Waals surface area (Å²) in [6.07, 6.45) is 0.889. The Morgan fingerprint density at radius 2 is 1.62 bits per heavy atom. The third-order valence-corrected chi connectivity index (χ3v) is 2.58. The van der Waals surface area contributed by atoms with Crippen LogP contribution in [0.2, 0.25) is 0 Å². The first-order chi connectivity index (χ1) is 7.93. The Balaban J connectivity index is 0.000000181. The van der Waals surface area contributed by atoms with E-state index in [1.165, 1.54) is 0 Å². The normalized spacial score (nSPS) is 22.3. The average molecular weight is 232 g/mol. The number of morpholine rings is 2. The first-order valence-electron chi connectivity index (χ1n) is 6.13. The predicted octanol–water partition coefficient (Wildman–Crippen LogP) is -0.693. The Morgan fingerprint density at radius 1 is 1.00 bits per heavy atom. The van der Waals surface area contributed by atoms with Gasteiger partial charge in [0.1, 0.15) is 0 Å². The number of hydrogen-bond acceptors (Lipinski definition) is 5. The van der Waals surface area contributed by atoms with Crippen LogP contribution >= 0.6 is 0 Å². The molecule has 5 nitrogen and oxygen atoms in total. The topological polar surface area (TPSA) is 54.0 Å². The third kappa shape index (κ3) is 7.14. The third-order valence-electron chi connectivity index (χ3n) is 2.58. The zero-order chi connectivity index (χ0) is 11.5. The fraction of sp³-hybridized carbons (Fsp3) is 1.00. The minimum Gasteiger partial charge on any atom is -0.396 e. The van der Waals surface area contributed by atoms with Crippen molar-refractivity contribution in [3.63, 3.8) is 0 Å². The summed E-state index contributed by atoms with van der Waals surface area (Å²) < 4.78 is 10.2. The zero-order valence-electron chi connectivity index (χ0n) is 9.99. The summed E-state index contributed by atoms with van der Waals surface area (Å²) in [5, 5.41) is 11.7. The summed E-state index contributed by atoms with van der Waals surface area (Å²) in [5.74, 6) is 0. The Labute approximate surface area is 97.7 Å². The molecule has 2 aliphatic rings. The highest BCUT2D eigenvalue weighted by Crippen LogP contribution is 1.96. The molecule has 2 N–H and O–H groups in total. The molecular weight excluding hydrogens is 208 g/mol. The van der Waals surface area contributed by atoms with Crippen molar-refractivity contribution >= 4 is 0 Å². The van der Waals surface area contributed by atoms with Crippen LogP contribution in [0.1, 0.15) is 6.42 Å². The first-order valence-corrected chi connectivity index (χ1v) is 6.13. The molecule has 0 bridgehead atoms. The fourth-order valence-electron chi connectivity index (χ4n) is 1.63. The van der Waals surface area contributed by atoms with E-state index < -0.39 is 0 Å². The number of hydrogen-bond donors (Lipinski definition) is 2. The van der Waals surface area contributed by atoms with Gasteiger partial charge in [0.15, 0.2) is 0 Å². The maximum atomic E-state index is 8.54. The standard InChI is InChI=1S/C7H15NO2.C4H9NO/c9-5-1-2-8-3-6-10-7-4-8;1-3-6-4-2-5-1/h9H,1-7H2;5H,1-4H2. The van der Waals surface area contributed by atoms with Crippen LogP contribution in [0, 0.1) is 0 Å². The van der Waals surface area contributed by atoms with Crippen molar-refractivity contribution in [3.8, 4) is 0 Å². The van der Waals surface area contributed by atoms with Gasteiger partial charge in [0.05, 0.1) is 26.4 Å². The highest BCUT2D eigenvalue weighted by Gasteiger charge is 2.08. The molecule has 0 saturated carbocycles. The molecule has 0 aliphatic carbocycles. The quantitative estimate of drug-likeness (QED) is 0.674. The van der Waals surface area contributed by atoms with E-state index in [2.05, 4.69) is 10.2 Å². The van der Waals surface area contributed by atoms with Gasteiger partial charge in [-0.25, -0.2) is 0 Å². The van der Waals surface area contributed by atoms with E-state index in [-0.39, 0.29) is 0 Å². The van der Waals surface area contributed by atoms with Crippen LogP contribution in [0.3, 0.4) is 0 Å². The molecule has 0 atom stereocenters. The Kier molecular flexibility index (Phi) is 8.65. The highest BCUT2D eigenvalue weighted by molar-refractivity contribution is 4.60. The van der Waals surface area contributed by atoms with Gasteiger partial charge in [-0.3, -0.25) is 4.90 Å². The van der Waals surface area contributed by atoms with Crippen molar-refractivity contribution < 1.29 is 14.6 Å². The zero-order valence-corrected chi connectivity index (χ0v) is 9.99. The van der Waals surface area contributed by atoms with Crippen LogP contribution in [0.5, 0.6) is 0 Å². The largest absolute Gasteiger partial charge is 0.396 e. The Hall–Kier alpha value is -0.200. The van der Waals surface area contributed by atoms with E-state index >= 15 is 0 Å². The van der Waals surface area contributed by atoms with Gasteiger partial charge in [-0.05, 0) is 6.42 Å². The van der Waals surface area contributed by atoms with Gasteiger partial charge >= 0.3 is 0 Å². The maximum absolute atomic E-state index is 8.54. The van der Waals surface area contributed by atoms with E-state index in [0.29, 0.717) is 6.61 Å². The van der Waals surface area contributed by atoms with Crippen molar-refractivity contribution in [2.45, 2.75) is 6.42 Å². The summed E-state index contributed by atoms with van der Waals surface area (Å²) in [5.41, 5.74) is 0. The monoisotopic (exact) mass is 232 g/mol.